The highest BCUT2D eigenvalue weighted by atomic mass is 32.2. The molecule has 0 radical (unpaired) electrons. The first-order valence-corrected chi connectivity index (χ1v) is 8.11. The van der Waals surface area contributed by atoms with E-state index in [2.05, 4.69) is 21.9 Å². The van der Waals surface area contributed by atoms with Crippen LogP contribution in [0, 0.1) is 6.92 Å². The van der Waals surface area contributed by atoms with Gasteiger partial charge in [-0.05, 0) is 38.4 Å². The van der Waals surface area contributed by atoms with Crippen LogP contribution in [0.4, 0.5) is 0 Å². The molecule has 0 amide bonds. The highest BCUT2D eigenvalue weighted by Crippen LogP contribution is 2.02. The number of pyridine rings is 1. The van der Waals surface area contributed by atoms with E-state index in [0.717, 1.165) is 24.2 Å². The lowest BCUT2D eigenvalue weighted by Gasteiger charge is -2.14. The Morgan fingerprint density at radius 1 is 1.37 bits per heavy atom. The van der Waals surface area contributed by atoms with Gasteiger partial charge in [0.25, 0.3) is 0 Å². The molecule has 0 aliphatic rings. The minimum Gasteiger partial charge on any atom is -0.315 e. The summed E-state index contributed by atoms with van der Waals surface area (Å²) in [6.07, 6.45) is 2.69. The van der Waals surface area contributed by atoms with Crippen LogP contribution < -0.4 is 10.0 Å². The first-order valence-electron chi connectivity index (χ1n) is 6.56. The van der Waals surface area contributed by atoms with Crippen molar-refractivity contribution >= 4 is 10.0 Å². The Morgan fingerprint density at radius 2 is 2.11 bits per heavy atom. The van der Waals surface area contributed by atoms with Crippen molar-refractivity contribution in [3.63, 3.8) is 0 Å². The first-order chi connectivity index (χ1) is 8.95. The van der Waals surface area contributed by atoms with Gasteiger partial charge < -0.3 is 5.32 Å². The van der Waals surface area contributed by atoms with Gasteiger partial charge >= 0.3 is 0 Å². The van der Waals surface area contributed by atoms with Gasteiger partial charge in [0.05, 0.1) is 5.25 Å². The lowest BCUT2D eigenvalue weighted by molar-refractivity contribution is 0.556. The predicted molar refractivity (Wildman–Crippen MR) is 77.4 cm³/mol. The fourth-order valence-electron chi connectivity index (χ4n) is 1.52. The van der Waals surface area contributed by atoms with Crippen LogP contribution >= 0.6 is 0 Å². The molecule has 1 aromatic heterocycles. The zero-order valence-corrected chi connectivity index (χ0v) is 12.6. The lowest BCUT2D eigenvalue weighted by Crippen LogP contribution is -2.38. The van der Waals surface area contributed by atoms with Crippen LogP contribution in [0.1, 0.15) is 31.5 Å². The molecule has 19 heavy (non-hydrogen) atoms. The van der Waals surface area contributed by atoms with Gasteiger partial charge in [-0.2, -0.15) is 0 Å². The Hall–Kier alpha value is -0.980. The van der Waals surface area contributed by atoms with Gasteiger partial charge in [0.1, 0.15) is 0 Å². The summed E-state index contributed by atoms with van der Waals surface area (Å²) in [5.74, 6) is 0. The molecule has 1 heterocycles. The van der Waals surface area contributed by atoms with E-state index in [9.17, 15) is 8.42 Å². The van der Waals surface area contributed by atoms with Crippen molar-refractivity contribution in [3.05, 3.63) is 29.6 Å². The molecule has 1 atom stereocenters. The molecule has 0 aliphatic heterocycles. The van der Waals surface area contributed by atoms with Gasteiger partial charge in [-0.1, -0.05) is 13.0 Å². The Morgan fingerprint density at radius 3 is 2.68 bits per heavy atom. The molecule has 2 N–H and O–H groups in total. The molecule has 1 unspecified atom stereocenters. The zero-order valence-electron chi connectivity index (χ0n) is 11.8. The second-order valence-corrected chi connectivity index (χ2v) is 6.87. The van der Waals surface area contributed by atoms with Gasteiger partial charge in [-0.3, -0.25) is 4.98 Å². The zero-order chi connectivity index (χ0) is 14.3. The lowest BCUT2D eigenvalue weighted by atomic mass is 10.2. The Kier molecular flexibility index (Phi) is 6.41. The van der Waals surface area contributed by atoms with Crippen LogP contribution in [0.2, 0.25) is 0 Å². The van der Waals surface area contributed by atoms with E-state index in [1.807, 2.05) is 19.1 Å². The van der Waals surface area contributed by atoms with Crippen molar-refractivity contribution in [1.29, 1.82) is 0 Å². The molecular formula is C13H23N3O2S. The van der Waals surface area contributed by atoms with Crippen LogP contribution in [0.5, 0.6) is 0 Å². The Balaban J connectivity index is 2.47. The average Bonchev–Trinajstić information content (AvgIpc) is 2.38. The summed E-state index contributed by atoms with van der Waals surface area (Å²) in [4.78, 5) is 4.14. The van der Waals surface area contributed by atoms with Gasteiger partial charge in [-0.15, -0.1) is 0 Å². The van der Waals surface area contributed by atoms with Gasteiger partial charge in [0.2, 0.25) is 10.0 Å². The minimum absolute atomic E-state index is 0.285. The summed E-state index contributed by atoms with van der Waals surface area (Å²) in [7, 11) is -3.29. The van der Waals surface area contributed by atoms with Crippen molar-refractivity contribution in [1.82, 2.24) is 15.0 Å². The monoisotopic (exact) mass is 285 g/mol. The van der Waals surface area contributed by atoms with Crippen molar-refractivity contribution in [3.8, 4) is 0 Å². The van der Waals surface area contributed by atoms with E-state index < -0.39 is 15.3 Å². The van der Waals surface area contributed by atoms with E-state index in [1.165, 1.54) is 0 Å². The number of nitrogens with zero attached hydrogens (tertiary/aromatic N) is 1. The smallest absolute Gasteiger partial charge is 0.215 e. The molecule has 6 heteroatoms. The molecule has 0 aromatic carbocycles. The Labute approximate surface area is 115 Å². The SMILES string of the molecule is CCCNCC(C)S(=O)(=O)NCc1ccc(C)nc1. The number of aromatic nitrogens is 1. The van der Waals surface area contributed by atoms with Crippen LogP contribution in [0.15, 0.2) is 18.3 Å². The molecule has 0 spiro atoms. The highest BCUT2D eigenvalue weighted by molar-refractivity contribution is 7.90. The summed E-state index contributed by atoms with van der Waals surface area (Å²) < 4.78 is 26.6. The topological polar surface area (TPSA) is 71.1 Å². The summed E-state index contributed by atoms with van der Waals surface area (Å²) in [6, 6.07) is 3.75. The third-order valence-electron chi connectivity index (χ3n) is 2.84. The maximum absolute atomic E-state index is 12.0. The second kappa shape index (κ2) is 7.57. The predicted octanol–water partition coefficient (Wildman–Crippen LogP) is 1.20. The van der Waals surface area contributed by atoms with E-state index >= 15 is 0 Å². The maximum atomic E-state index is 12.0. The minimum atomic E-state index is -3.29. The normalized spacial score (nSPS) is 13.4. The molecule has 0 saturated heterocycles. The van der Waals surface area contributed by atoms with Crippen molar-refractivity contribution in [2.24, 2.45) is 0 Å². The summed E-state index contributed by atoms with van der Waals surface area (Å²) in [5, 5.41) is 2.67. The van der Waals surface area contributed by atoms with Gasteiger partial charge in [0, 0.05) is 25.0 Å². The molecule has 0 fully saturated rings. The fraction of sp³-hybridized carbons (Fsp3) is 0.615. The molecular weight excluding hydrogens is 262 g/mol. The van der Waals surface area contributed by atoms with Crippen molar-refractivity contribution < 1.29 is 8.42 Å². The molecule has 5 nitrogen and oxygen atoms in total. The number of hydrogen-bond donors (Lipinski definition) is 2. The van der Waals surface area contributed by atoms with Crippen LogP contribution in [0.25, 0.3) is 0 Å². The van der Waals surface area contributed by atoms with E-state index in [0.29, 0.717) is 6.54 Å². The van der Waals surface area contributed by atoms with Gasteiger partial charge in [0.15, 0.2) is 0 Å². The summed E-state index contributed by atoms with van der Waals surface area (Å²) >= 11 is 0. The number of aryl methyl sites for hydroxylation is 1. The quantitative estimate of drug-likeness (QED) is 0.704. The van der Waals surface area contributed by atoms with Gasteiger partial charge in [-0.25, -0.2) is 13.1 Å². The van der Waals surface area contributed by atoms with E-state index in [-0.39, 0.29) is 6.54 Å². The van der Waals surface area contributed by atoms with Crippen molar-refractivity contribution in [2.45, 2.75) is 39.0 Å². The van der Waals surface area contributed by atoms with Crippen molar-refractivity contribution in [2.75, 3.05) is 13.1 Å². The van der Waals surface area contributed by atoms with E-state index in [1.54, 1.807) is 13.1 Å². The van der Waals surface area contributed by atoms with Crippen LogP contribution in [-0.2, 0) is 16.6 Å². The van der Waals surface area contributed by atoms with Crippen LogP contribution in [0.3, 0.4) is 0 Å². The van der Waals surface area contributed by atoms with E-state index in [4.69, 9.17) is 0 Å². The standard InChI is InChI=1S/C13H23N3O2S/c1-4-7-14-8-12(3)19(17,18)16-10-13-6-5-11(2)15-9-13/h5-6,9,12,14,16H,4,7-8,10H2,1-3H3. The summed E-state index contributed by atoms with van der Waals surface area (Å²) in [5.41, 5.74) is 1.78. The Bertz CT molecular complexity index is 471. The first kappa shape index (κ1) is 16.1. The molecule has 0 bridgehead atoms. The largest absolute Gasteiger partial charge is 0.315 e. The number of sulfonamides is 1. The average molecular weight is 285 g/mol. The highest BCUT2D eigenvalue weighted by Gasteiger charge is 2.19. The number of rotatable bonds is 8. The van der Waals surface area contributed by atoms with Crippen LogP contribution in [-0.4, -0.2) is 31.7 Å². The molecule has 1 aromatic rings. The second-order valence-electron chi connectivity index (χ2n) is 4.69. The maximum Gasteiger partial charge on any atom is 0.215 e. The number of hydrogen-bond acceptors (Lipinski definition) is 4. The molecule has 0 saturated carbocycles. The third kappa shape index (κ3) is 5.67. The molecule has 1 rings (SSSR count). The fourth-order valence-corrected chi connectivity index (χ4v) is 2.51. The number of nitrogens with one attached hydrogen (secondary N) is 2. The third-order valence-corrected chi connectivity index (χ3v) is 4.61. The molecule has 108 valence electrons. The summed E-state index contributed by atoms with van der Waals surface area (Å²) in [6.45, 7) is 7.24. The molecule has 0 aliphatic carbocycles.